The molecular weight excluding hydrogens is 152 g/mol. The average molecular weight is 170 g/mol. The molecule has 1 saturated carbocycles. The average Bonchev–Trinajstić information content (AvgIpc) is 2.09. The van der Waals surface area contributed by atoms with Gasteiger partial charge in [-0.3, -0.25) is 10.2 Å². The normalized spacial score (nSPS) is 29.8. The van der Waals surface area contributed by atoms with Crippen molar-refractivity contribution < 1.29 is 4.79 Å². The van der Waals surface area contributed by atoms with Crippen molar-refractivity contribution in [3.63, 3.8) is 0 Å². The van der Waals surface area contributed by atoms with Gasteiger partial charge in [0.05, 0.1) is 0 Å². The lowest BCUT2D eigenvalue weighted by molar-refractivity contribution is -0.122. The maximum atomic E-state index is 11.0. The van der Waals surface area contributed by atoms with Gasteiger partial charge in [-0.05, 0) is 18.3 Å². The van der Waals surface area contributed by atoms with Gasteiger partial charge in [0, 0.05) is 6.42 Å². The Morgan fingerprint density at radius 2 is 2.17 bits per heavy atom. The van der Waals surface area contributed by atoms with E-state index in [-0.39, 0.29) is 5.91 Å². The molecule has 1 aliphatic carbocycles. The van der Waals surface area contributed by atoms with Crippen molar-refractivity contribution in [3.8, 4) is 0 Å². The van der Waals surface area contributed by atoms with E-state index in [4.69, 9.17) is 5.84 Å². The Morgan fingerprint density at radius 3 is 2.75 bits per heavy atom. The molecule has 0 aromatic rings. The molecule has 1 amide bonds. The van der Waals surface area contributed by atoms with Crippen LogP contribution in [0.4, 0.5) is 0 Å². The molecule has 0 radical (unpaired) electrons. The quantitative estimate of drug-likeness (QED) is 0.371. The highest BCUT2D eigenvalue weighted by molar-refractivity contribution is 5.75. The fraction of sp³-hybridized carbons (Fsp3) is 0.889. The molecule has 12 heavy (non-hydrogen) atoms. The van der Waals surface area contributed by atoms with Gasteiger partial charge in [-0.2, -0.15) is 0 Å². The predicted octanol–water partition coefficient (Wildman–Crippen LogP) is 1.19. The number of hydrazine groups is 1. The van der Waals surface area contributed by atoms with Gasteiger partial charge in [0.2, 0.25) is 5.91 Å². The summed E-state index contributed by atoms with van der Waals surface area (Å²) in [5, 5.41) is 0. The van der Waals surface area contributed by atoms with Crippen LogP contribution in [0.1, 0.15) is 39.0 Å². The standard InChI is InChI=1S/C9H18N2O/c1-7-4-2-3-5-8(7)6-9(12)11-10/h7-8H,2-6,10H2,1H3,(H,11,12). The van der Waals surface area contributed by atoms with Crippen molar-refractivity contribution >= 4 is 5.91 Å². The summed E-state index contributed by atoms with van der Waals surface area (Å²) in [6.45, 7) is 2.23. The second-order valence-electron chi connectivity index (χ2n) is 3.79. The lowest BCUT2D eigenvalue weighted by Crippen LogP contribution is -2.33. The summed E-state index contributed by atoms with van der Waals surface area (Å²) in [5.74, 6) is 6.26. The third-order valence-corrected chi connectivity index (χ3v) is 2.90. The number of nitrogens with two attached hydrogens (primary N) is 1. The molecule has 3 heteroatoms. The first-order valence-electron chi connectivity index (χ1n) is 4.73. The van der Waals surface area contributed by atoms with Crippen LogP contribution in [-0.4, -0.2) is 5.91 Å². The summed E-state index contributed by atoms with van der Waals surface area (Å²) >= 11 is 0. The highest BCUT2D eigenvalue weighted by Crippen LogP contribution is 2.31. The maximum absolute atomic E-state index is 11.0. The van der Waals surface area contributed by atoms with Crippen molar-refractivity contribution in [1.82, 2.24) is 5.43 Å². The van der Waals surface area contributed by atoms with Gasteiger partial charge >= 0.3 is 0 Å². The molecule has 0 heterocycles. The second kappa shape index (κ2) is 4.45. The van der Waals surface area contributed by atoms with Gasteiger partial charge in [-0.1, -0.05) is 26.2 Å². The Morgan fingerprint density at radius 1 is 1.50 bits per heavy atom. The van der Waals surface area contributed by atoms with E-state index in [9.17, 15) is 4.79 Å². The number of hydrogen-bond acceptors (Lipinski definition) is 2. The highest BCUT2D eigenvalue weighted by atomic mass is 16.2. The summed E-state index contributed by atoms with van der Waals surface area (Å²) in [4.78, 5) is 11.0. The summed E-state index contributed by atoms with van der Waals surface area (Å²) in [7, 11) is 0. The van der Waals surface area contributed by atoms with Crippen LogP contribution >= 0.6 is 0 Å². The van der Waals surface area contributed by atoms with Crippen LogP contribution in [0.15, 0.2) is 0 Å². The predicted molar refractivity (Wildman–Crippen MR) is 48.1 cm³/mol. The molecule has 0 aromatic heterocycles. The first-order chi connectivity index (χ1) is 5.74. The number of carbonyl (C=O) groups excluding carboxylic acids is 1. The first-order valence-corrected chi connectivity index (χ1v) is 4.73. The van der Waals surface area contributed by atoms with Crippen LogP contribution in [0, 0.1) is 11.8 Å². The van der Waals surface area contributed by atoms with Crippen LogP contribution in [-0.2, 0) is 4.79 Å². The van der Waals surface area contributed by atoms with Crippen molar-refractivity contribution in [2.45, 2.75) is 39.0 Å². The third kappa shape index (κ3) is 2.48. The SMILES string of the molecule is CC1CCCCC1CC(=O)NN. The van der Waals surface area contributed by atoms with Gasteiger partial charge in [0.15, 0.2) is 0 Å². The van der Waals surface area contributed by atoms with Gasteiger partial charge in [0.25, 0.3) is 0 Å². The molecule has 1 aliphatic rings. The second-order valence-corrected chi connectivity index (χ2v) is 3.79. The van der Waals surface area contributed by atoms with E-state index in [1.54, 1.807) is 0 Å². The molecule has 0 aliphatic heterocycles. The van der Waals surface area contributed by atoms with E-state index < -0.39 is 0 Å². The van der Waals surface area contributed by atoms with Crippen molar-refractivity contribution in [2.24, 2.45) is 17.7 Å². The minimum Gasteiger partial charge on any atom is -0.294 e. The van der Waals surface area contributed by atoms with Crippen molar-refractivity contribution in [1.29, 1.82) is 0 Å². The van der Waals surface area contributed by atoms with E-state index in [0.717, 1.165) is 0 Å². The fourth-order valence-corrected chi connectivity index (χ4v) is 1.99. The summed E-state index contributed by atoms with van der Waals surface area (Å²) in [6, 6.07) is 0. The topological polar surface area (TPSA) is 55.1 Å². The van der Waals surface area contributed by atoms with Gasteiger partial charge in [-0.25, -0.2) is 5.84 Å². The number of carbonyl (C=O) groups is 1. The lowest BCUT2D eigenvalue weighted by Gasteiger charge is -2.27. The fourth-order valence-electron chi connectivity index (χ4n) is 1.99. The molecule has 3 nitrogen and oxygen atoms in total. The zero-order chi connectivity index (χ0) is 8.97. The van der Waals surface area contributed by atoms with Crippen LogP contribution in [0.3, 0.4) is 0 Å². The highest BCUT2D eigenvalue weighted by Gasteiger charge is 2.22. The number of amides is 1. The Bertz CT molecular complexity index is 159. The van der Waals surface area contributed by atoms with Crippen molar-refractivity contribution in [2.75, 3.05) is 0 Å². The van der Waals surface area contributed by atoms with Crippen LogP contribution in [0.5, 0.6) is 0 Å². The summed E-state index contributed by atoms with van der Waals surface area (Å²) in [6.07, 6.45) is 5.66. The Labute approximate surface area is 73.7 Å². The van der Waals surface area contributed by atoms with E-state index in [1.165, 1.54) is 25.7 Å². The molecule has 3 N–H and O–H groups in total. The minimum absolute atomic E-state index is 0.0197. The van der Waals surface area contributed by atoms with E-state index in [0.29, 0.717) is 18.3 Å². The van der Waals surface area contributed by atoms with E-state index in [2.05, 4.69) is 12.3 Å². The Balaban J connectivity index is 2.33. The Kier molecular flexibility index (Phi) is 3.53. The van der Waals surface area contributed by atoms with Crippen LogP contribution < -0.4 is 11.3 Å². The molecule has 0 aromatic carbocycles. The summed E-state index contributed by atoms with van der Waals surface area (Å²) < 4.78 is 0. The van der Waals surface area contributed by atoms with Crippen LogP contribution in [0.25, 0.3) is 0 Å². The molecule has 0 spiro atoms. The molecule has 2 atom stereocenters. The molecule has 0 saturated heterocycles. The summed E-state index contributed by atoms with van der Waals surface area (Å²) in [5.41, 5.74) is 2.19. The minimum atomic E-state index is -0.0197. The number of rotatable bonds is 2. The monoisotopic (exact) mass is 170 g/mol. The van der Waals surface area contributed by atoms with Gasteiger partial charge in [-0.15, -0.1) is 0 Å². The van der Waals surface area contributed by atoms with Gasteiger partial charge < -0.3 is 0 Å². The largest absolute Gasteiger partial charge is 0.294 e. The van der Waals surface area contributed by atoms with E-state index >= 15 is 0 Å². The van der Waals surface area contributed by atoms with Gasteiger partial charge in [0.1, 0.15) is 0 Å². The maximum Gasteiger partial charge on any atom is 0.234 e. The molecule has 1 fully saturated rings. The zero-order valence-corrected chi connectivity index (χ0v) is 7.68. The van der Waals surface area contributed by atoms with E-state index in [1.807, 2.05) is 0 Å². The third-order valence-electron chi connectivity index (χ3n) is 2.90. The Hall–Kier alpha value is -0.570. The molecule has 1 rings (SSSR count). The molecular formula is C9H18N2O. The smallest absolute Gasteiger partial charge is 0.234 e. The van der Waals surface area contributed by atoms with Crippen molar-refractivity contribution in [3.05, 3.63) is 0 Å². The number of hydrogen-bond donors (Lipinski definition) is 2. The van der Waals surface area contributed by atoms with Crippen LogP contribution in [0.2, 0.25) is 0 Å². The molecule has 0 bridgehead atoms. The lowest BCUT2D eigenvalue weighted by atomic mass is 9.78. The first kappa shape index (κ1) is 9.52. The molecule has 2 unspecified atom stereocenters. The number of nitrogens with one attached hydrogen (secondary N) is 1. The zero-order valence-electron chi connectivity index (χ0n) is 7.68. The molecule has 70 valence electrons.